The van der Waals surface area contributed by atoms with Crippen LogP contribution in [0.5, 0.6) is 0 Å². The van der Waals surface area contributed by atoms with E-state index in [9.17, 15) is 10.2 Å². The SMILES string of the molecule is N[C@H]1C[C@@H]2CC[C@H]1[C@@H](O)[C@H]2O. The number of aliphatic hydroxyl groups excluding tert-OH is 2. The van der Waals surface area contributed by atoms with E-state index in [-0.39, 0.29) is 17.9 Å². The van der Waals surface area contributed by atoms with Gasteiger partial charge in [-0.25, -0.2) is 0 Å². The van der Waals surface area contributed by atoms with E-state index in [1.807, 2.05) is 0 Å². The second-order valence-electron chi connectivity index (χ2n) is 3.88. The van der Waals surface area contributed by atoms with Gasteiger partial charge in [0, 0.05) is 12.0 Å². The molecule has 0 unspecified atom stereocenters. The van der Waals surface area contributed by atoms with Crippen LogP contribution in [0, 0.1) is 11.8 Å². The summed E-state index contributed by atoms with van der Waals surface area (Å²) in [7, 11) is 0. The van der Waals surface area contributed by atoms with Crippen LogP contribution in [0.2, 0.25) is 0 Å². The molecule has 3 rings (SSSR count). The Bertz CT molecular complexity index is 160. The molecule has 0 aromatic rings. The fourth-order valence-electron chi connectivity index (χ4n) is 2.53. The average molecular weight is 157 g/mol. The Balaban J connectivity index is 2.16. The van der Waals surface area contributed by atoms with Gasteiger partial charge in [-0.15, -0.1) is 0 Å². The minimum absolute atomic E-state index is 0.118. The smallest absolute Gasteiger partial charge is 0.0844 e. The Morgan fingerprint density at radius 2 is 1.82 bits per heavy atom. The zero-order valence-corrected chi connectivity index (χ0v) is 6.48. The Hall–Kier alpha value is -0.120. The molecular weight excluding hydrogens is 142 g/mol. The molecule has 11 heavy (non-hydrogen) atoms. The Morgan fingerprint density at radius 1 is 1.09 bits per heavy atom. The summed E-state index contributed by atoms with van der Waals surface area (Å²) in [6, 6.07) is 0.118. The van der Waals surface area contributed by atoms with E-state index in [0.717, 1.165) is 19.3 Å². The van der Waals surface area contributed by atoms with E-state index in [1.54, 1.807) is 0 Å². The maximum absolute atomic E-state index is 9.51. The van der Waals surface area contributed by atoms with Gasteiger partial charge in [-0.1, -0.05) is 0 Å². The minimum Gasteiger partial charge on any atom is -0.390 e. The lowest BCUT2D eigenvalue weighted by Crippen LogP contribution is -2.56. The highest BCUT2D eigenvalue weighted by atomic mass is 16.3. The average Bonchev–Trinajstić information content (AvgIpc) is 1.99. The summed E-state index contributed by atoms with van der Waals surface area (Å²) >= 11 is 0. The van der Waals surface area contributed by atoms with E-state index in [0.29, 0.717) is 0 Å². The van der Waals surface area contributed by atoms with Crippen molar-refractivity contribution in [3.05, 3.63) is 0 Å². The van der Waals surface area contributed by atoms with Gasteiger partial charge in [-0.2, -0.15) is 0 Å². The molecule has 3 nitrogen and oxygen atoms in total. The fraction of sp³-hybridized carbons (Fsp3) is 1.00. The fourth-order valence-corrected chi connectivity index (χ4v) is 2.53. The lowest BCUT2D eigenvalue weighted by Gasteiger charge is -2.47. The van der Waals surface area contributed by atoms with Gasteiger partial charge in [0.2, 0.25) is 0 Å². The van der Waals surface area contributed by atoms with Crippen molar-refractivity contribution >= 4 is 0 Å². The van der Waals surface area contributed by atoms with Gasteiger partial charge in [0.15, 0.2) is 0 Å². The molecule has 3 heteroatoms. The third-order valence-electron chi connectivity index (χ3n) is 3.27. The highest BCUT2D eigenvalue weighted by Crippen LogP contribution is 2.40. The molecule has 0 spiro atoms. The maximum Gasteiger partial charge on any atom is 0.0844 e. The first kappa shape index (κ1) is 7.53. The molecule has 64 valence electrons. The molecule has 3 aliphatic carbocycles. The zero-order chi connectivity index (χ0) is 8.01. The first-order valence-electron chi connectivity index (χ1n) is 4.32. The lowest BCUT2D eigenvalue weighted by atomic mass is 9.65. The summed E-state index contributed by atoms with van der Waals surface area (Å²) in [5.41, 5.74) is 5.80. The number of aliphatic hydroxyl groups is 2. The lowest BCUT2D eigenvalue weighted by molar-refractivity contribution is -0.116. The quantitative estimate of drug-likeness (QED) is 0.442. The molecule has 0 aromatic heterocycles. The van der Waals surface area contributed by atoms with Crippen LogP contribution in [0.25, 0.3) is 0 Å². The number of rotatable bonds is 0. The third kappa shape index (κ3) is 0.991. The van der Waals surface area contributed by atoms with Crippen molar-refractivity contribution in [3.63, 3.8) is 0 Å². The summed E-state index contributed by atoms with van der Waals surface area (Å²) in [6.45, 7) is 0. The van der Waals surface area contributed by atoms with Gasteiger partial charge in [0.1, 0.15) is 0 Å². The zero-order valence-electron chi connectivity index (χ0n) is 6.48. The van der Waals surface area contributed by atoms with Crippen molar-refractivity contribution < 1.29 is 10.2 Å². The number of hydrogen-bond acceptors (Lipinski definition) is 3. The van der Waals surface area contributed by atoms with Crippen LogP contribution in [-0.2, 0) is 0 Å². The van der Waals surface area contributed by atoms with Gasteiger partial charge in [-0.3, -0.25) is 0 Å². The van der Waals surface area contributed by atoms with Crippen LogP contribution < -0.4 is 5.73 Å². The molecule has 0 heterocycles. The first-order valence-corrected chi connectivity index (χ1v) is 4.32. The van der Waals surface area contributed by atoms with Crippen LogP contribution in [0.1, 0.15) is 19.3 Å². The molecule has 0 aromatic carbocycles. The minimum atomic E-state index is -0.558. The molecule has 0 aliphatic heterocycles. The number of nitrogens with two attached hydrogens (primary N) is 1. The first-order chi connectivity index (χ1) is 5.20. The molecule has 2 bridgehead atoms. The molecule has 3 aliphatic rings. The summed E-state index contributed by atoms with van der Waals surface area (Å²) in [5, 5.41) is 19.0. The maximum atomic E-state index is 9.51. The van der Waals surface area contributed by atoms with E-state index >= 15 is 0 Å². The van der Waals surface area contributed by atoms with Crippen LogP contribution in [-0.4, -0.2) is 28.5 Å². The largest absolute Gasteiger partial charge is 0.390 e. The summed E-state index contributed by atoms with van der Waals surface area (Å²) in [5.74, 6) is 0.403. The van der Waals surface area contributed by atoms with E-state index < -0.39 is 12.2 Å². The van der Waals surface area contributed by atoms with Gasteiger partial charge >= 0.3 is 0 Å². The van der Waals surface area contributed by atoms with Crippen molar-refractivity contribution in [2.24, 2.45) is 17.6 Å². The van der Waals surface area contributed by atoms with Crippen molar-refractivity contribution in [2.45, 2.75) is 37.5 Å². The monoisotopic (exact) mass is 157 g/mol. The van der Waals surface area contributed by atoms with Crippen LogP contribution in [0.15, 0.2) is 0 Å². The Labute approximate surface area is 66.2 Å². The second-order valence-corrected chi connectivity index (χ2v) is 3.88. The van der Waals surface area contributed by atoms with Gasteiger partial charge in [0.25, 0.3) is 0 Å². The predicted octanol–water partition coefficient (Wildman–Crippen LogP) is -0.535. The van der Waals surface area contributed by atoms with Gasteiger partial charge < -0.3 is 15.9 Å². The molecule has 5 atom stereocenters. The Morgan fingerprint density at radius 3 is 2.27 bits per heavy atom. The van der Waals surface area contributed by atoms with Gasteiger partial charge in [0.05, 0.1) is 12.2 Å². The van der Waals surface area contributed by atoms with E-state index in [1.165, 1.54) is 0 Å². The summed E-state index contributed by atoms with van der Waals surface area (Å²) in [4.78, 5) is 0. The molecule has 3 fully saturated rings. The highest BCUT2D eigenvalue weighted by molar-refractivity contribution is 4.98. The molecule has 4 N–H and O–H groups in total. The predicted molar refractivity (Wildman–Crippen MR) is 40.8 cm³/mol. The van der Waals surface area contributed by atoms with Gasteiger partial charge in [-0.05, 0) is 25.2 Å². The Kier molecular flexibility index (Phi) is 1.67. The van der Waals surface area contributed by atoms with Crippen molar-refractivity contribution in [1.82, 2.24) is 0 Å². The van der Waals surface area contributed by atoms with Crippen molar-refractivity contribution in [1.29, 1.82) is 0 Å². The van der Waals surface area contributed by atoms with Crippen LogP contribution in [0.4, 0.5) is 0 Å². The standard InChI is InChI=1S/C8H15NO2/c9-6-3-4-1-2-5(6)8(11)7(4)10/h4-8,10-11H,1-3,9H2/t4-,5+,6-,7-,8+/m0/s1. The molecule has 0 saturated heterocycles. The van der Waals surface area contributed by atoms with E-state index in [2.05, 4.69) is 0 Å². The number of hydrogen-bond donors (Lipinski definition) is 3. The molecule has 3 saturated carbocycles. The summed E-state index contributed by atoms with van der Waals surface area (Å²) in [6.07, 6.45) is 1.86. The van der Waals surface area contributed by atoms with E-state index in [4.69, 9.17) is 5.73 Å². The normalized spacial score (nSPS) is 56.5. The topological polar surface area (TPSA) is 66.5 Å². The second kappa shape index (κ2) is 2.44. The molecular formula is C8H15NO2. The van der Waals surface area contributed by atoms with Crippen molar-refractivity contribution in [3.8, 4) is 0 Å². The molecule has 0 radical (unpaired) electrons. The third-order valence-corrected chi connectivity index (χ3v) is 3.27. The molecule has 0 amide bonds. The van der Waals surface area contributed by atoms with Crippen LogP contribution in [0.3, 0.4) is 0 Å². The highest BCUT2D eigenvalue weighted by Gasteiger charge is 2.45. The number of fused-ring (bicyclic) bond motifs is 3. The van der Waals surface area contributed by atoms with Crippen LogP contribution >= 0.6 is 0 Å². The summed E-state index contributed by atoms with van der Waals surface area (Å²) < 4.78 is 0. The van der Waals surface area contributed by atoms with Crippen molar-refractivity contribution in [2.75, 3.05) is 0 Å².